The Hall–Kier alpha value is -3.65. The molecule has 1 heterocycles. The number of anilines is 3. The number of carbonyl (C=O) groups excluding carboxylic acids is 3. The fourth-order valence-corrected chi connectivity index (χ4v) is 4.30. The maximum atomic E-state index is 12.9. The quantitative estimate of drug-likeness (QED) is 0.401. The minimum absolute atomic E-state index is 0.155. The molecule has 0 spiro atoms. The number of rotatable bonds is 5. The van der Waals surface area contributed by atoms with Crippen molar-refractivity contribution in [3.05, 3.63) is 75.2 Å². The average Bonchev–Trinajstić information content (AvgIpc) is 3.03. The van der Waals surface area contributed by atoms with Crippen LogP contribution in [0.15, 0.2) is 42.5 Å². The lowest BCUT2D eigenvalue weighted by molar-refractivity contribution is 0.0601. The molecule has 4 N–H and O–H groups in total. The molecular weight excluding hydrogens is 414 g/mol. The first kappa shape index (κ1) is 22.0. The Labute approximate surface area is 184 Å². The van der Waals surface area contributed by atoms with Gasteiger partial charge in [0.2, 0.25) is 0 Å². The van der Waals surface area contributed by atoms with Crippen molar-refractivity contribution in [1.82, 2.24) is 0 Å². The van der Waals surface area contributed by atoms with Gasteiger partial charge in [-0.05, 0) is 73.9 Å². The molecule has 0 saturated heterocycles. The zero-order valence-electron chi connectivity index (χ0n) is 17.7. The van der Waals surface area contributed by atoms with E-state index in [2.05, 4.69) is 10.6 Å². The molecule has 0 unspecified atom stereocenters. The van der Waals surface area contributed by atoms with Crippen molar-refractivity contribution in [2.75, 3.05) is 23.5 Å². The van der Waals surface area contributed by atoms with Crippen LogP contribution in [0.25, 0.3) is 0 Å². The molecule has 0 saturated carbocycles. The van der Waals surface area contributed by atoms with Gasteiger partial charge in [-0.2, -0.15) is 0 Å². The molecule has 0 aliphatic rings. The van der Waals surface area contributed by atoms with Crippen molar-refractivity contribution < 1.29 is 19.1 Å². The van der Waals surface area contributed by atoms with E-state index in [9.17, 15) is 14.4 Å². The number of esters is 1. The van der Waals surface area contributed by atoms with Crippen LogP contribution in [0, 0.1) is 20.8 Å². The van der Waals surface area contributed by atoms with Crippen molar-refractivity contribution >= 4 is 45.5 Å². The van der Waals surface area contributed by atoms with Crippen LogP contribution in [-0.2, 0) is 4.74 Å². The van der Waals surface area contributed by atoms with Crippen LogP contribution in [0.2, 0.25) is 0 Å². The third-order valence-electron chi connectivity index (χ3n) is 4.62. The van der Waals surface area contributed by atoms with Crippen LogP contribution >= 0.6 is 11.3 Å². The van der Waals surface area contributed by atoms with E-state index in [-0.39, 0.29) is 16.5 Å². The molecular formula is C23H23N3O4S. The molecule has 0 fully saturated rings. The van der Waals surface area contributed by atoms with Crippen molar-refractivity contribution in [1.29, 1.82) is 0 Å². The SMILES string of the molecule is COC(=O)c1c(NC(=O)c2ccc(N)cc2)sc(C(=O)Nc2cc(C)cc(C)c2)c1C. The van der Waals surface area contributed by atoms with Gasteiger partial charge in [-0.25, -0.2) is 4.79 Å². The Bertz CT molecular complexity index is 1150. The summed E-state index contributed by atoms with van der Waals surface area (Å²) in [6, 6.07) is 12.1. The summed E-state index contributed by atoms with van der Waals surface area (Å²) in [4.78, 5) is 38.3. The van der Waals surface area contributed by atoms with Crippen LogP contribution in [0.5, 0.6) is 0 Å². The van der Waals surface area contributed by atoms with E-state index in [1.165, 1.54) is 7.11 Å². The molecule has 0 aliphatic carbocycles. The van der Waals surface area contributed by atoms with Crippen LogP contribution in [0.4, 0.5) is 16.4 Å². The summed E-state index contributed by atoms with van der Waals surface area (Å²) in [5.41, 5.74) is 9.85. The van der Waals surface area contributed by atoms with Gasteiger partial charge >= 0.3 is 5.97 Å². The predicted molar refractivity (Wildman–Crippen MR) is 123 cm³/mol. The molecule has 0 aliphatic heterocycles. The number of hydrogen-bond acceptors (Lipinski definition) is 6. The standard InChI is InChI=1S/C23H23N3O4S/c1-12-9-13(2)11-17(10-12)25-21(28)19-14(3)18(23(29)30-4)22(31-19)26-20(27)15-5-7-16(24)8-6-15/h5-11H,24H2,1-4H3,(H,25,28)(H,26,27). The first-order valence-corrected chi connectivity index (χ1v) is 10.3. The summed E-state index contributed by atoms with van der Waals surface area (Å²) >= 11 is 1.02. The summed E-state index contributed by atoms with van der Waals surface area (Å²) in [6.07, 6.45) is 0. The Morgan fingerprint density at radius 2 is 1.52 bits per heavy atom. The smallest absolute Gasteiger partial charge is 0.341 e. The van der Waals surface area contributed by atoms with Crippen LogP contribution < -0.4 is 16.4 Å². The number of thiophene rings is 1. The number of nitrogens with two attached hydrogens (primary N) is 1. The van der Waals surface area contributed by atoms with Crippen LogP contribution in [0.3, 0.4) is 0 Å². The van der Waals surface area contributed by atoms with Gasteiger partial charge in [0.15, 0.2) is 0 Å². The van der Waals surface area contributed by atoms with Crippen molar-refractivity contribution in [2.24, 2.45) is 0 Å². The zero-order valence-corrected chi connectivity index (χ0v) is 18.5. The van der Waals surface area contributed by atoms with Gasteiger partial charge in [0, 0.05) is 16.9 Å². The maximum absolute atomic E-state index is 12.9. The van der Waals surface area contributed by atoms with E-state index >= 15 is 0 Å². The van der Waals surface area contributed by atoms with Crippen LogP contribution in [-0.4, -0.2) is 24.9 Å². The van der Waals surface area contributed by atoms with Crippen molar-refractivity contribution in [3.63, 3.8) is 0 Å². The first-order valence-electron chi connectivity index (χ1n) is 9.48. The highest BCUT2D eigenvalue weighted by atomic mass is 32.1. The monoisotopic (exact) mass is 437 g/mol. The molecule has 0 bridgehead atoms. The third kappa shape index (κ3) is 4.92. The average molecular weight is 438 g/mol. The molecule has 2 aromatic carbocycles. The fraction of sp³-hybridized carbons (Fsp3) is 0.174. The number of nitrogen functional groups attached to an aromatic ring is 1. The summed E-state index contributed by atoms with van der Waals surface area (Å²) in [5, 5.41) is 5.83. The first-order chi connectivity index (χ1) is 14.7. The summed E-state index contributed by atoms with van der Waals surface area (Å²) in [5.74, 6) is -1.43. The molecule has 8 heteroatoms. The topological polar surface area (TPSA) is 111 Å². The van der Waals surface area contributed by atoms with E-state index < -0.39 is 11.9 Å². The lowest BCUT2D eigenvalue weighted by atomic mass is 10.1. The number of ether oxygens (including phenoxy) is 1. The summed E-state index contributed by atoms with van der Waals surface area (Å²) in [7, 11) is 1.25. The number of methoxy groups -OCH3 is 1. The Balaban J connectivity index is 1.93. The molecule has 3 rings (SSSR count). The second kappa shape index (κ2) is 9.01. The van der Waals surface area contributed by atoms with Gasteiger partial charge in [0.25, 0.3) is 11.8 Å². The number of benzene rings is 2. The van der Waals surface area contributed by atoms with E-state index in [1.54, 1.807) is 31.2 Å². The molecule has 0 radical (unpaired) electrons. The number of amides is 2. The summed E-state index contributed by atoms with van der Waals surface area (Å²) in [6.45, 7) is 5.54. The fourth-order valence-electron chi connectivity index (χ4n) is 3.21. The van der Waals surface area contributed by atoms with E-state index in [0.29, 0.717) is 27.4 Å². The zero-order chi connectivity index (χ0) is 22.7. The van der Waals surface area contributed by atoms with Crippen LogP contribution in [0.1, 0.15) is 47.1 Å². The third-order valence-corrected chi connectivity index (χ3v) is 5.83. The lowest BCUT2D eigenvalue weighted by Gasteiger charge is -2.07. The Kier molecular flexibility index (Phi) is 6.41. The largest absolute Gasteiger partial charge is 0.465 e. The number of hydrogen-bond donors (Lipinski definition) is 3. The molecule has 3 aromatic rings. The Morgan fingerprint density at radius 3 is 2.10 bits per heavy atom. The highest BCUT2D eigenvalue weighted by molar-refractivity contribution is 7.19. The predicted octanol–water partition coefficient (Wildman–Crippen LogP) is 4.55. The van der Waals surface area contributed by atoms with E-state index in [4.69, 9.17) is 10.5 Å². The van der Waals surface area contributed by atoms with E-state index in [1.807, 2.05) is 32.0 Å². The number of aryl methyl sites for hydroxylation is 2. The van der Waals surface area contributed by atoms with Crippen molar-refractivity contribution in [2.45, 2.75) is 20.8 Å². The molecule has 31 heavy (non-hydrogen) atoms. The summed E-state index contributed by atoms with van der Waals surface area (Å²) < 4.78 is 4.87. The second-order valence-electron chi connectivity index (χ2n) is 7.16. The molecule has 7 nitrogen and oxygen atoms in total. The molecule has 1 aromatic heterocycles. The second-order valence-corrected chi connectivity index (χ2v) is 8.18. The highest BCUT2D eigenvalue weighted by Crippen LogP contribution is 2.34. The molecule has 0 atom stereocenters. The minimum atomic E-state index is -0.633. The normalized spacial score (nSPS) is 10.5. The maximum Gasteiger partial charge on any atom is 0.341 e. The Morgan fingerprint density at radius 1 is 0.903 bits per heavy atom. The molecule has 2 amide bonds. The number of nitrogens with one attached hydrogen (secondary N) is 2. The molecule has 160 valence electrons. The van der Waals surface area contributed by atoms with Gasteiger partial charge in [-0.1, -0.05) is 6.07 Å². The van der Waals surface area contributed by atoms with Gasteiger partial charge < -0.3 is 21.1 Å². The van der Waals surface area contributed by atoms with Gasteiger partial charge in [-0.3, -0.25) is 9.59 Å². The van der Waals surface area contributed by atoms with E-state index in [0.717, 1.165) is 22.5 Å². The van der Waals surface area contributed by atoms with Gasteiger partial charge in [0.05, 0.1) is 17.6 Å². The van der Waals surface area contributed by atoms with Crippen molar-refractivity contribution in [3.8, 4) is 0 Å². The lowest BCUT2D eigenvalue weighted by Crippen LogP contribution is -2.14. The van der Waals surface area contributed by atoms with Gasteiger partial charge in [0.1, 0.15) is 5.00 Å². The minimum Gasteiger partial charge on any atom is -0.465 e. The highest BCUT2D eigenvalue weighted by Gasteiger charge is 2.26. The number of carbonyl (C=O) groups is 3. The van der Waals surface area contributed by atoms with Gasteiger partial charge in [-0.15, -0.1) is 11.3 Å².